The number of nitrogens with one attached hydrogen (secondary N) is 2. The van der Waals surface area contributed by atoms with Gasteiger partial charge >= 0.3 is 0 Å². The van der Waals surface area contributed by atoms with E-state index in [1.54, 1.807) is 30.6 Å². The zero-order valence-corrected chi connectivity index (χ0v) is 17.4. The standard InChI is InChI=1S/C25H20FN5O/c1-15-6-18-7-16(2-3-23(18)28-12-15)8-21-10-17(4-5-27-21)25(32)29-13-19-9-20-14-30-31-24(20)11-22(19)26/h2-7,9-12,14H,8,13H2,1H3,(H,29,32)(H,30,31). The van der Waals surface area contributed by atoms with Crippen LogP contribution in [0.1, 0.15) is 32.7 Å². The maximum absolute atomic E-state index is 14.3. The summed E-state index contributed by atoms with van der Waals surface area (Å²) < 4.78 is 14.3. The number of fused-ring (bicyclic) bond motifs is 2. The molecule has 0 saturated carbocycles. The number of amides is 1. The summed E-state index contributed by atoms with van der Waals surface area (Å²) in [5, 5.41) is 11.3. The number of halogens is 1. The molecule has 32 heavy (non-hydrogen) atoms. The summed E-state index contributed by atoms with van der Waals surface area (Å²) in [5.74, 6) is -0.669. The van der Waals surface area contributed by atoms with Gasteiger partial charge in [-0.1, -0.05) is 6.07 Å². The Hall–Kier alpha value is -4.13. The summed E-state index contributed by atoms with van der Waals surface area (Å²) in [6, 6.07) is 14.7. The number of rotatable bonds is 5. The van der Waals surface area contributed by atoms with E-state index in [4.69, 9.17) is 0 Å². The molecule has 2 N–H and O–H groups in total. The highest BCUT2D eigenvalue weighted by atomic mass is 19.1. The molecule has 0 atom stereocenters. The Bertz CT molecular complexity index is 1460. The van der Waals surface area contributed by atoms with Crippen molar-refractivity contribution >= 4 is 27.7 Å². The summed E-state index contributed by atoms with van der Waals surface area (Å²) in [4.78, 5) is 21.5. The van der Waals surface area contributed by atoms with Gasteiger partial charge in [-0.15, -0.1) is 0 Å². The van der Waals surface area contributed by atoms with Gasteiger partial charge in [0.2, 0.25) is 0 Å². The van der Waals surface area contributed by atoms with Gasteiger partial charge in [-0.05, 0) is 60.5 Å². The highest BCUT2D eigenvalue weighted by Gasteiger charge is 2.11. The van der Waals surface area contributed by atoms with Crippen molar-refractivity contribution in [2.45, 2.75) is 19.9 Å². The van der Waals surface area contributed by atoms with Crippen LogP contribution in [0.15, 0.2) is 67.1 Å². The molecule has 0 fully saturated rings. The van der Waals surface area contributed by atoms with Crippen LogP contribution in [0.2, 0.25) is 0 Å². The average molecular weight is 425 g/mol. The van der Waals surface area contributed by atoms with Gasteiger partial charge in [0.15, 0.2) is 0 Å². The summed E-state index contributed by atoms with van der Waals surface area (Å²) >= 11 is 0. The number of carbonyl (C=O) groups is 1. The molecule has 0 aliphatic carbocycles. The lowest BCUT2D eigenvalue weighted by Crippen LogP contribution is -2.23. The average Bonchev–Trinajstić information content (AvgIpc) is 3.24. The lowest BCUT2D eigenvalue weighted by Gasteiger charge is -2.08. The van der Waals surface area contributed by atoms with Crippen molar-refractivity contribution in [1.29, 1.82) is 0 Å². The van der Waals surface area contributed by atoms with Gasteiger partial charge in [-0.2, -0.15) is 5.10 Å². The quantitative estimate of drug-likeness (QED) is 0.435. The predicted molar refractivity (Wildman–Crippen MR) is 121 cm³/mol. The molecule has 6 nitrogen and oxygen atoms in total. The number of aryl methyl sites for hydroxylation is 1. The van der Waals surface area contributed by atoms with Crippen LogP contribution in [0.3, 0.4) is 0 Å². The van der Waals surface area contributed by atoms with E-state index in [0.717, 1.165) is 33.1 Å². The van der Waals surface area contributed by atoms with Gasteiger partial charge in [0, 0.05) is 53.0 Å². The van der Waals surface area contributed by atoms with Gasteiger partial charge < -0.3 is 5.32 Å². The number of aromatic amines is 1. The highest BCUT2D eigenvalue weighted by molar-refractivity contribution is 5.94. The highest BCUT2D eigenvalue weighted by Crippen LogP contribution is 2.19. The Balaban J connectivity index is 1.30. The van der Waals surface area contributed by atoms with Crippen molar-refractivity contribution in [2.24, 2.45) is 0 Å². The molecule has 3 aromatic heterocycles. The van der Waals surface area contributed by atoms with Crippen LogP contribution in [0.5, 0.6) is 0 Å². The summed E-state index contributed by atoms with van der Waals surface area (Å²) in [6.07, 6.45) is 5.69. The molecule has 2 aromatic carbocycles. The Morgan fingerprint density at radius 2 is 1.94 bits per heavy atom. The number of aromatic nitrogens is 4. The predicted octanol–water partition coefficient (Wildman–Crippen LogP) is 4.47. The minimum Gasteiger partial charge on any atom is -0.348 e. The zero-order chi connectivity index (χ0) is 22.1. The van der Waals surface area contributed by atoms with E-state index >= 15 is 0 Å². The van der Waals surface area contributed by atoms with Crippen LogP contribution in [0.4, 0.5) is 4.39 Å². The second-order valence-electron chi connectivity index (χ2n) is 7.84. The summed E-state index contributed by atoms with van der Waals surface area (Å²) in [6.45, 7) is 2.10. The third-order valence-electron chi connectivity index (χ3n) is 5.39. The molecule has 5 aromatic rings. The van der Waals surface area contributed by atoms with Gasteiger partial charge in [0.1, 0.15) is 5.82 Å². The van der Waals surface area contributed by atoms with E-state index in [9.17, 15) is 9.18 Å². The second kappa shape index (κ2) is 8.19. The van der Waals surface area contributed by atoms with Crippen molar-refractivity contribution in [1.82, 2.24) is 25.5 Å². The molecule has 3 heterocycles. The van der Waals surface area contributed by atoms with Crippen LogP contribution in [0.25, 0.3) is 21.8 Å². The number of carbonyl (C=O) groups excluding carboxylic acids is 1. The van der Waals surface area contributed by atoms with Crippen molar-refractivity contribution in [3.8, 4) is 0 Å². The second-order valence-corrected chi connectivity index (χ2v) is 7.84. The smallest absolute Gasteiger partial charge is 0.251 e. The SMILES string of the molecule is Cc1cnc2ccc(Cc3cc(C(=O)NCc4cc5cn[nH]c5cc4F)ccn3)cc2c1. The van der Waals surface area contributed by atoms with Crippen LogP contribution >= 0.6 is 0 Å². The van der Waals surface area contributed by atoms with E-state index in [1.807, 2.05) is 25.3 Å². The molecule has 0 unspecified atom stereocenters. The minimum atomic E-state index is -0.390. The first kappa shape index (κ1) is 19.8. The first-order valence-electron chi connectivity index (χ1n) is 10.2. The lowest BCUT2D eigenvalue weighted by molar-refractivity contribution is 0.0950. The maximum Gasteiger partial charge on any atom is 0.251 e. The Morgan fingerprint density at radius 1 is 1.03 bits per heavy atom. The maximum atomic E-state index is 14.3. The largest absolute Gasteiger partial charge is 0.348 e. The number of nitrogens with zero attached hydrogens (tertiary/aromatic N) is 3. The molecular weight excluding hydrogens is 405 g/mol. The Morgan fingerprint density at radius 3 is 2.84 bits per heavy atom. The zero-order valence-electron chi connectivity index (χ0n) is 17.4. The van der Waals surface area contributed by atoms with Crippen LogP contribution in [0, 0.1) is 12.7 Å². The molecular formula is C25H20FN5O. The normalized spacial score (nSPS) is 11.2. The van der Waals surface area contributed by atoms with E-state index in [0.29, 0.717) is 23.1 Å². The van der Waals surface area contributed by atoms with Crippen LogP contribution in [-0.2, 0) is 13.0 Å². The molecule has 158 valence electrons. The molecule has 7 heteroatoms. The van der Waals surface area contributed by atoms with E-state index in [-0.39, 0.29) is 12.5 Å². The van der Waals surface area contributed by atoms with Crippen LogP contribution < -0.4 is 5.32 Å². The fourth-order valence-electron chi connectivity index (χ4n) is 3.75. The molecule has 0 spiro atoms. The summed E-state index contributed by atoms with van der Waals surface area (Å²) in [5.41, 5.74) is 5.43. The summed E-state index contributed by atoms with van der Waals surface area (Å²) in [7, 11) is 0. The lowest BCUT2D eigenvalue weighted by atomic mass is 10.0. The van der Waals surface area contributed by atoms with Crippen molar-refractivity contribution < 1.29 is 9.18 Å². The van der Waals surface area contributed by atoms with E-state index < -0.39 is 5.82 Å². The molecule has 5 rings (SSSR count). The minimum absolute atomic E-state index is 0.0838. The monoisotopic (exact) mass is 425 g/mol. The van der Waals surface area contributed by atoms with Gasteiger partial charge in [-0.3, -0.25) is 19.9 Å². The van der Waals surface area contributed by atoms with E-state index in [1.165, 1.54) is 6.07 Å². The van der Waals surface area contributed by atoms with Crippen molar-refractivity contribution in [2.75, 3.05) is 0 Å². The number of H-pyrrole nitrogens is 1. The van der Waals surface area contributed by atoms with Gasteiger partial charge in [0.25, 0.3) is 5.91 Å². The number of hydrogen-bond donors (Lipinski definition) is 2. The Kier molecular flexibility index (Phi) is 5.07. The van der Waals surface area contributed by atoms with E-state index in [2.05, 4.69) is 37.6 Å². The van der Waals surface area contributed by atoms with Crippen molar-refractivity contribution in [3.63, 3.8) is 0 Å². The fourth-order valence-corrected chi connectivity index (χ4v) is 3.75. The molecule has 0 saturated heterocycles. The van der Waals surface area contributed by atoms with Crippen molar-refractivity contribution in [3.05, 3.63) is 101 Å². The molecule has 0 bridgehead atoms. The van der Waals surface area contributed by atoms with Gasteiger partial charge in [0.05, 0.1) is 17.2 Å². The first-order chi connectivity index (χ1) is 15.5. The molecule has 0 aliphatic rings. The topological polar surface area (TPSA) is 83.6 Å². The van der Waals surface area contributed by atoms with Gasteiger partial charge in [-0.25, -0.2) is 4.39 Å². The number of hydrogen-bond acceptors (Lipinski definition) is 4. The Labute approximate surface area is 183 Å². The third kappa shape index (κ3) is 4.05. The van der Waals surface area contributed by atoms with Crippen LogP contribution in [-0.4, -0.2) is 26.1 Å². The molecule has 0 radical (unpaired) electrons. The number of benzene rings is 2. The first-order valence-corrected chi connectivity index (χ1v) is 10.2. The molecule has 0 aliphatic heterocycles. The fraction of sp³-hybridized carbons (Fsp3) is 0.120. The number of pyridine rings is 2. The molecule has 1 amide bonds. The third-order valence-corrected chi connectivity index (χ3v) is 5.39.